The van der Waals surface area contributed by atoms with E-state index >= 15 is 0 Å². The monoisotopic (exact) mass is 486 g/mol. The Balaban J connectivity index is 1.82. The molecular formula is C23H16BrClO3S. The van der Waals surface area contributed by atoms with Gasteiger partial charge in [-0.25, -0.2) is 8.42 Å². The lowest BCUT2D eigenvalue weighted by atomic mass is 9.95. The molecule has 1 heterocycles. The van der Waals surface area contributed by atoms with Crippen molar-refractivity contribution in [2.75, 3.05) is 5.75 Å². The summed E-state index contributed by atoms with van der Waals surface area (Å²) in [5.74, 6) is 0.489. The first-order valence-corrected chi connectivity index (χ1v) is 11.7. The first-order chi connectivity index (χ1) is 14.0. The Morgan fingerprint density at radius 2 is 1.55 bits per heavy atom. The second-order valence-electron chi connectivity index (χ2n) is 6.53. The molecule has 146 valence electrons. The molecule has 0 radical (unpaired) electrons. The second kappa shape index (κ2) is 8.19. The first-order valence-electron chi connectivity index (χ1n) is 8.85. The highest BCUT2D eigenvalue weighted by molar-refractivity contribution is 9.15. The maximum Gasteiger partial charge on any atom is 0.182 e. The van der Waals surface area contributed by atoms with Crippen LogP contribution in [0.2, 0.25) is 5.02 Å². The van der Waals surface area contributed by atoms with Gasteiger partial charge in [-0.15, -0.1) is 0 Å². The van der Waals surface area contributed by atoms with Crippen LogP contribution in [0, 0.1) is 0 Å². The highest BCUT2D eigenvalue weighted by Gasteiger charge is 2.27. The van der Waals surface area contributed by atoms with E-state index in [-0.39, 0.29) is 10.6 Å². The molecular weight excluding hydrogens is 472 g/mol. The van der Waals surface area contributed by atoms with Crippen molar-refractivity contribution in [2.24, 2.45) is 0 Å². The van der Waals surface area contributed by atoms with Crippen LogP contribution in [-0.4, -0.2) is 14.2 Å². The van der Waals surface area contributed by atoms with Crippen molar-refractivity contribution in [1.29, 1.82) is 0 Å². The van der Waals surface area contributed by atoms with Crippen molar-refractivity contribution in [2.45, 2.75) is 4.90 Å². The fraction of sp³-hybridized carbons (Fsp3) is 0.0435. The van der Waals surface area contributed by atoms with E-state index in [9.17, 15) is 8.42 Å². The Morgan fingerprint density at radius 3 is 2.28 bits per heavy atom. The average Bonchev–Trinajstić information content (AvgIpc) is 2.74. The molecule has 0 fully saturated rings. The number of rotatable bonds is 4. The lowest BCUT2D eigenvalue weighted by molar-refractivity contribution is 0.470. The number of benzene rings is 3. The molecule has 29 heavy (non-hydrogen) atoms. The molecule has 0 unspecified atom stereocenters. The van der Waals surface area contributed by atoms with Gasteiger partial charge in [-0.3, -0.25) is 0 Å². The summed E-state index contributed by atoms with van der Waals surface area (Å²) in [4.78, 5) is 0.219. The molecule has 0 aromatic heterocycles. The maximum atomic E-state index is 13.1. The summed E-state index contributed by atoms with van der Waals surface area (Å²) in [6.07, 6.45) is 1.52. The van der Waals surface area contributed by atoms with Crippen molar-refractivity contribution in [3.63, 3.8) is 0 Å². The van der Waals surface area contributed by atoms with E-state index < -0.39 is 9.84 Å². The summed E-state index contributed by atoms with van der Waals surface area (Å²) >= 11 is 9.60. The van der Waals surface area contributed by atoms with E-state index in [0.717, 1.165) is 21.2 Å². The summed E-state index contributed by atoms with van der Waals surface area (Å²) in [7, 11) is -3.59. The smallest absolute Gasteiger partial charge is 0.182 e. The standard InChI is InChI=1S/C23H16BrClO3S/c24-23(16-6-2-1-3-7-16)22-17(14-28-21-9-5-4-8-20(21)22)15-29(26,27)19-12-10-18(25)11-13-19/h1-14H,15H2/b23-22-. The number of para-hydroxylation sites is 1. The quantitative estimate of drug-likeness (QED) is 0.430. The largest absolute Gasteiger partial charge is 0.464 e. The number of hydrogen-bond donors (Lipinski definition) is 0. The Hall–Kier alpha value is -2.34. The molecule has 3 nitrogen and oxygen atoms in total. The molecule has 0 bridgehead atoms. The number of hydrogen-bond acceptors (Lipinski definition) is 3. The summed E-state index contributed by atoms with van der Waals surface area (Å²) in [5.41, 5.74) is 3.17. The average molecular weight is 488 g/mol. The van der Waals surface area contributed by atoms with Crippen LogP contribution in [0.3, 0.4) is 0 Å². The van der Waals surface area contributed by atoms with Crippen LogP contribution in [0.25, 0.3) is 10.1 Å². The lowest BCUT2D eigenvalue weighted by Crippen LogP contribution is -2.14. The van der Waals surface area contributed by atoms with Crippen molar-refractivity contribution in [3.05, 3.63) is 107 Å². The van der Waals surface area contributed by atoms with Crippen molar-refractivity contribution >= 4 is 47.4 Å². The van der Waals surface area contributed by atoms with Gasteiger partial charge < -0.3 is 4.74 Å². The highest BCUT2D eigenvalue weighted by atomic mass is 79.9. The van der Waals surface area contributed by atoms with Crippen LogP contribution < -0.4 is 4.74 Å². The van der Waals surface area contributed by atoms with Crippen molar-refractivity contribution < 1.29 is 13.2 Å². The molecule has 0 saturated carbocycles. The third-order valence-electron chi connectivity index (χ3n) is 4.57. The molecule has 6 heteroatoms. The number of halogens is 2. The zero-order valence-electron chi connectivity index (χ0n) is 15.2. The van der Waals surface area contributed by atoms with Gasteiger partial charge in [0.15, 0.2) is 9.84 Å². The van der Waals surface area contributed by atoms with E-state index in [2.05, 4.69) is 15.9 Å². The number of ether oxygens (including phenoxy) is 1. The van der Waals surface area contributed by atoms with E-state index in [1.807, 2.05) is 54.6 Å². The van der Waals surface area contributed by atoms with Gasteiger partial charge in [0, 0.05) is 26.2 Å². The predicted molar refractivity (Wildman–Crippen MR) is 121 cm³/mol. The summed E-state index contributed by atoms with van der Waals surface area (Å²) < 4.78 is 32.7. The van der Waals surface area contributed by atoms with Gasteiger partial charge in [0.1, 0.15) is 5.75 Å². The van der Waals surface area contributed by atoms with Crippen LogP contribution >= 0.6 is 27.5 Å². The Bertz CT molecular complexity index is 1210. The molecule has 3 aromatic carbocycles. The van der Waals surface area contributed by atoms with Crippen molar-refractivity contribution in [1.82, 2.24) is 0 Å². The lowest BCUT2D eigenvalue weighted by Gasteiger charge is -2.22. The molecule has 1 aliphatic rings. The molecule has 0 saturated heterocycles. The predicted octanol–water partition coefficient (Wildman–Crippen LogP) is 6.35. The molecule has 4 rings (SSSR count). The molecule has 0 aliphatic carbocycles. The van der Waals surface area contributed by atoms with Crippen LogP contribution in [0.15, 0.2) is 95.6 Å². The molecule has 0 amide bonds. The summed E-state index contributed by atoms with van der Waals surface area (Å²) in [5, 5.41) is 0.491. The highest BCUT2D eigenvalue weighted by Crippen LogP contribution is 2.43. The summed E-state index contributed by atoms with van der Waals surface area (Å²) in [6.45, 7) is 0. The number of allylic oxidation sites excluding steroid dienone is 1. The number of sulfone groups is 1. The fourth-order valence-corrected chi connectivity index (χ4v) is 5.36. The minimum Gasteiger partial charge on any atom is -0.464 e. The van der Waals surface area contributed by atoms with Gasteiger partial charge in [0.05, 0.1) is 16.9 Å². The van der Waals surface area contributed by atoms with Gasteiger partial charge >= 0.3 is 0 Å². The topological polar surface area (TPSA) is 43.4 Å². The third kappa shape index (κ3) is 4.17. The van der Waals surface area contributed by atoms with Gasteiger partial charge in [0.25, 0.3) is 0 Å². The zero-order chi connectivity index (χ0) is 20.4. The maximum absolute atomic E-state index is 13.1. The van der Waals surface area contributed by atoms with Gasteiger partial charge in [0.2, 0.25) is 0 Å². The zero-order valence-corrected chi connectivity index (χ0v) is 18.3. The van der Waals surface area contributed by atoms with E-state index in [1.54, 1.807) is 12.1 Å². The van der Waals surface area contributed by atoms with Crippen LogP contribution in [0.1, 0.15) is 11.1 Å². The fourth-order valence-electron chi connectivity index (χ4n) is 3.17. The van der Waals surface area contributed by atoms with E-state index in [0.29, 0.717) is 16.3 Å². The van der Waals surface area contributed by atoms with Crippen LogP contribution in [0.4, 0.5) is 0 Å². The molecule has 0 spiro atoms. The van der Waals surface area contributed by atoms with Gasteiger partial charge in [-0.1, -0.05) is 60.1 Å². The Morgan fingerprint density at radius 1 is 0.897 bits per heavy atom. The first kappa shape index (κ1) is 20.0. The molecule has 0 atom stereocenters. The molecule has 0 N–H and O–H groups in total. The second-order valence-corrected chi connectivity index (χ2v) is 9.74. The van der Waals surface area contributed by atoms with Crippen LogP contribution in [-0.2, 0) is 9.84 Å². The van der Waals surface area contributed by atoms with Crippen LogP contribution in [0.5, 0.6) is 5.75 Å². The van der Waals surface area contributed by atoms with E-state index in [4.69, 9.17) is 16.3 Å². The van der Waals surface area contributed by atoms with Gasteiger partial charge in [-0.2, -0.15) is 0 Å². The van der Waals surface area contributed by atoms with Gasteiger partial charge in [-0.05, 0) is 51.8 Å². The van der Waals surface area contributed by atoms with E-state index in [1.165, 1.54) is 18.4 Å². The summed E-state index contributed by atoms with van der Waals surface area (Å²) in [6, 6.07) is 23.5. The minimum atomic E-state index is -3.59. The third-order valence-corrected chi connectivity index (χ3v) is 7.36. The van der Waals surface area contributed by atoms with Crippen molar-refractivity contribution in [3.8, 4) is 5.75 Å². The number of fused-ring (bicyclic) bond motifs is 1. The Kier molecular flexibility index (Phi) is 5.63. The Labute approximate surface area is 183 Å². The molecule has 3 aromatic rings. The SMILES string of the molecule is O=S(=O)(CC1=COc2ccccc2/C1=C(\Br)c1ccccc1)c1ccc(Cl)cc1. The molecule has 1 aliphatic heterocycles. The normalized spacial score (nSPS) is 15.2. The minimum absolute atomic E-state index is 0.194.